The second kappa shape index (κ2) is 11.7. The van der Waals surface area contributed by atoms with Crippen molar-refractivity contribution in [1.29, 1.82) is 0 Å². The second-order valence-electron chi connectivity index (χ2n) is 8.47. The number of rotatable bonds is 6. The molecular formula is C26H32FN7. The number of fused-ring (bicyclic) bond motifs is 1. The molecule has 0 aromatic carbocycles. The number of halogens is 1. The number of anilines is 2. The molecule has 0 aliphatic carbocycles. The van der Waals surface area contributed by atoms with Crippen LogP contribution in [0, 0.1) is 11.7 Å². The van der Waals surface area contributed by atoms with Crippen molar-refractivity contribution in [1.82, 2.24) is 29.9 Å². The number of hydrogen-bond acceptors (Lipinski definition) is 6. The Balaban J connectivity index is 0.000000257. The SMILES string of the molecule is CCCC1CCCNC1.CCc1ccn2nc(-c3ccccn3)nc(Nc3ccncc3F)c12. The molecule has 1 unspecified atom stereocenters. The van der Waals surface area contributed by atoms with Crippen LogP contribution in [0.3, 0.4) is 0 Å². The van der Waals surface area contributed by atoms with E-state index in [4.69, 9.17) is 0 Å². The molecule has 4 aromatic heterocycles. The maximum absolute atomic E-state index is 14.0. The lowest BCUT2D eigenvalue weighted by Gasteiger charge is -2.21. The zero-order valence-electron chi connectivity index (χ0n) is 19.8. The van der Waals surface area contributed by atoms with Gasteiger partial charge in [0.05, 0.1) is 11.9 Å². The van der Waals surface area contributed by atoms with E-state index in [0.717, 1.165) is 23.4 Å². The zero-order chi connectivity index (χ0) is 23.8. The van der Waals surface area contributed by atoms with Crippen molar-refractivity contribution in [2.24, 2.45) is 5.92 Å². The lowest BCUT2D eigenvalue weighted by Crippen LogP contribution is -2.29. The summed E-state index contributed by atoms with van der Waals surface area (Å²) in [7, 11) is 0. The number of nitrogens with one attached hydrogen (secondary N) is 2. The molecule has 5 rings (SSSR count). The molecule has 1 fully saturated rings. The summed E-state index contributed by atoms with van der Waals surface area (Å²) in [4.78, 5) is 12.7. The van der Waals surface area contributed by atoms with Gasteiger partial charge in [0.15, 0.2) is 11.6 Å². The average Bonchev–Trinajstić information content (AvgIpc) is 3.31. The van der Waals surface area contributed by atoms with Crippen LogP contribution in [0.15, 0.2) is 55.1 Å². The number of aromatic nitrogens is 5. The average molecular weight is 462 g/mol. The fourth-order valence-electron chi connectivity index (χ4n) is 4.25. The van der Waals surface area contributed by atoms with E-state index < -0.39 is 5.82 Å². The first kappa shape index (κ1) is 23.8. The van der Waals surface area contributed by atoms with Crippen LogP contribution in [-0.2, 0) is 6.42 Å². The zero-order valence-corrected chi connectivity index (χ0v) is 19.8. The topological polar surface area (TPSA) is 80.0 Å². The minimum absolute atomic E-state index is 0.311. The third kappa shape index (κ3) is 5.75. The molecule has 0 spiro atoms. The van der Waals surface area contributed by atoms with Gasteiger partial charge in [-0.15, -0.1) is 5.10 Å². The molecule has 1 aliphatic heterocycles. The van der Waals surface area contributed by atoms with Crippen LogP contribution in [0.4, 0.5) is 15.9 Å². The van der Waals surface area contributed by atoms with Crippen molar-refractivity contribution in [2.45, 2.75) is 46.0 Å². The van der Waals surface area contributed by atoms with Gasteiger partial charge in [0, 0.05) is 18.6 Å². The number of hydrogen-bond donors (Lipinski definition) is 2. The van der Waals surface area contributed by atoms with E-state index in [1.807, 2.05) is 30.5 Å². The van der Waals surface area contributed by atoms with Gasteiger partial charge in [-0.05, 0) is 74.5 Å². The Labute approximate surface area is 199 Å². The Hall–Kier alpha value is -3.39. The molecular weight excluding hydrogens is 429 g/mol. The van der Waals surface area contributed by atoms with Crippen molar-refractivity contribution < 1.29 is 4.39 Å². The highest BCUT2D eigenvalue weighted by atomic mass is 19.1. The van der Waals surface area contributed by atoms with Crippen molar-refractivity contribution in [2.75, 3.05) is 18.4 Å². The standard InChI is InChI=1S/C18H15FN6.C8H17N/c1-2-12-7-10-25-16(12)18(22-14-6-9-20-11-13(14)19)23-17(24-25)15-5-3-4-8-21-15;1-2-4-8-5-3-6-9-7-8/h3-11H,2H2,1H3,(H,20,22,23,24);8-9H,2-7H2,1H3. The number of piperidine rings is 1. The van der Waals surface area contributed by atoms with Gasteiger partial charge in [0.2, 0.25) is 5.82 Å². The van der Waals surface area contributed by atoms with Gasteiger partial charge < -0.3 is 10.6 Å². The molecule has 4 aromatic rings. The van der Waals surface area contributed by atoms with E-state index in [0.29, 0.717) is 23.0 Å². The largest absolute Gasteiger partial charge is 0.336 e. The molecule has 5 heterocycles. The van der Waals surface area contributed by atoms with Gasteiger partial charge in [-0.3, -0.25) is 9.97 Å². The monoisotopic (exact) mass is 461 g/mol. The number of aryl methyl sites for hydroxylation is 1. The van der Waals surface area contributed by atoms with Crippen LogP contribution in [0.25, 0.3) is 17.0 Å². The molecule has 2 N–H and O–H groups in total. The van der Waals surface area contributed by atoms with Gasteiger partial charge in [0.1, 0.15) is 11.2 Å². The summed E-state index contributed by atoms with van der Waals surface area (Å²) in [5, 5.41) is 11.0. The molecule has 1 atom stereocenters. The molecule has 178 valence electrons. The van der Waals surface area contributed by atoms with Gasteiger partial charge in [-0.2, -0.15) is 0 Å². The quantitative estimate of drug-likeness (QED) is 0.399. The summed E-state index contributed by atoms with van der Waals surface area (Å²) >= 11 is 0. The highest BCUT2D eigenvalue weighted by molar-refractivity contribution is 5.78. The summed E-state index contributed by atoms with van der Waals surface area (Å²) in [5.41, 5.74) is 2.85. The number of nitrogens with zero attached hydrogens (tertiary/aromatic N) is 5. The van der Waals surface area contributed by atoms with Crippen LogP contribution in [-0.4, -0.2) is 37.7 Å². The van der Waals surface area contributed by atoms with Crippen molar-refractivity contribution in [3.63, 3.8) is 0 Å². The summed E-state index contributed by atoms with van der Waals surface area (Å²) in [5.74, 6) is 1.54. The molecule has 1 saturated heterocycles. The third-order valence-corrected chi connectivity index (χ3v) is 5.99. The van der Waals surface area contributed by atoms with Gasteiger partial charge in [-0.25, -0.2) is 13.9 Å². The fourth-order valence-corrected chi connectivity index (χ4v) is 4.25. The smallest absolute Gasteiger partial charge is 0.200 e. The Morgan fingerprint density at radius 2 is 2.09 bits per heavy atom. The Bertz CT molecular complexity index is 1180. The lowest BCUT2D eigenvalue weighted by atomic mass is 9.95. The van der Waals surface area contributed by atoms with Crippen LogP contribution in [0.1, 0.15) is 45.1 Å². The maximum atomic E-state index is 14.0. The summed E-state index contributed by atoms with van der Waals surface area (Å²) in [6, 6.07) is 9.10. The lowest BCUT2D eigenvalue weighted by molar-refractivity contribution is 0.355. The van der Waals surface area contributed by atoms with E-state index >= 15 is 0 Å². The van der Waals surface area contributed by atoms with E-state index in [-0.39, 0.29) is 0 Å². The summed E-state index contributed by atoms with van der Waals surface area (Å²) in [6.07, 6.45) is 12.7. The molecule has 0 saturated carbocycles. The van der Waals surface area contributed by atoms with E-state index in [2.05, 4.69) is 44.5 Å². The molecule has 0 amide bonds. The van der Waals surface area contributed by atoms with Crippen LogP contribution < -0.4 is 10.6 Å². The van der Waals surface area contributed by atoms with E-state index in [1.165, 1.54) is 51.2 Å². The Morgan fingerprint density at radius 1 is 1.18 bits per heavy atom. The number of pyridine rings is 2. The fraction of sp³-hybridized carbons (Fsp3) is 0.385. The van der Waals surface area contributed by atoms with Crippen molar-refractivity contribution in [3.8, 4) is 11.5 Å². The Kier molecular flexibility index (Phi) is 8.14. The van der Waals surface area contributed by atoms with Crippen LogP contribution >= 0.6 is 0 Å². The Morgan fingerprint density at radius 3 is 2.79 bits per heavy atom. The normalized spacial score (nSPS) is 15.6. The van der Waals surface area contributed by atoms with E-state index in [9.17, 15) is 4.39 Å². The van der Waals surface area contributed by atoms with Gasteiger partial charge >= 0.3 is 0 Å². The van der Waals surface area contributed by atoms with E-state index in [1.54, 1.807) is 16.8 Å². The molecule has 1 aliphatic rings. The summed E-state index contributed by atoms with van der Waals surface area (Å²) < 4.78 is 15.8. The van der Waals surface area contributed by atoms with Crippen LogP contribution in [0.5, 0.6) is 0 Å². The predicted octanol–water partition coefficient (Wildman–Crippen LogP) is 5.42. The highest BCUT2D eigenvalue weighted by Crippen LogP contribution is 2.27. The predicted molar refractivity (Wildman–Crippen MR) is 134 cm³/mol. The molecule has 0 bridgehead atoms. The van der Waals surface area contributed by atoms with Gasteiger partial charge in [-0.1, -0.05) is 26.3 Å². The molecule has 7 nitrogen and oxygen atoms in total. The minimum Gasteiger partial charge on any atom is -0.336 e. The summed E-state index contributed by atoms with van der Waals surface area (Å²) in [6.45, 7) is 6.85. The van der Waals surface area contributed by atoms with Crippen molar-refractivity contribution in [3.05, 3.63) is 66.5 Å². The minimum atomic E-state index is -0.441. The first-order valence-electron chi connectivity index (χ1n) is 12.1. The molecule has 34 heavy (non-hydrogen) atoms. The van der Waals surface area contributed by atoms with Crippen molar-refractivity contribution >= 4 is 17.0 Å². The maximum Gasteiger partial charge on any atom is 0.200 e. The highest BCUT2D eigenvalue weighted by Gasteiger charge is 2.15. The first-order valence-corrected chi connectivity index (χ1v) is 12.1. The van der Waals surface area contributed by atoms with Gasteiger partial charge in [0.25, 0.3) is 0 Å². The third-order valence-electron chi connectivity index (χ3n) is 5.99. The molecule has 8 heteroatoms. The second-order valence-corrected chi connectivity index (χ2v) is 8.47. The molecule has 0 radical (unpaired) electrons. The first-order chi connectivity index (χ1) is 16.7. The van der Waals surface area contributed by atoms with Crippen LogP contribution in [0.2, 0.25) is 0 Å².